The molecule has 1 aliphatic heterocycles. The van der Waals surface area contributed by atoms with E-state index in [4.69, 9.17) is 0 Å². The second-order valence-corrected chi connectivity index (χ2v) is 8.49. The Balaban J connectivity index is 0.00000289. The van der Waals surface area contributed by atoms with Gasteiger partial charge in [-0.25, -0.2) is 9.78 Å². The first-order chi connectivity index (χ1) is 16.7. The Bertz CT molecular complexity index is 1230. The van der Waals surface area contributed by atoms with E-state index >= 15 is 0 Å². The van der Waals surface area contributed by atoms with Crippen LogP contribution in [0.3, 0.4) is 0 Å². The number of nitrogens with one attached hydrogen (secondary N) is 1. The van der Waals surface area contributed by atoms with E-state index in [9.17, 15) is 4.79 Å². The summed E-state index contributed by atoms with van der Waals surface area (Å²) in [5.74, 6) is 0. The maximum atomic E-state index is 13.7. The summed E-state index contributed by atoms with van der Waals surface area (Å²) >= 11 is 0. The van der Waals surface area contributed by atoms with Crippen molar-refractivity contribution < 1.29 is 4.79 Å². The number of rotatable bonds is 5. The summed E-state index contributed by atoms with van der Waals surface area (Å²) in [5.41, 5.74) is 6.62. The number of carbonyl (C=O) groups excluding carboxylic acids is 1. The van der Waals surface area contributed by atoms with Crippen molar-refractivity contribution in [3.05, 3.63) is 103 Å². The van der Waals surface area contributed by atoms with Crippen molar-refractivity contribution in [1.82, 2.24) is 14.9 Å². The molecule has 1 N–H and O–H groups in total. The number of amides is 2. The van der Waals surface area contributed by atoms with Gasteiger partial charge in [-0.15, -0.1) is 12.4 Å². The summed E-state index contributed by atoms with van der Waals surface area (Å²) in [4.78, 5) is 27.2. The molecule has 5 rings (SSSR count). The molecular weight excluding hydrogens is 458 g/mol. The van der Waals surface area contributed by atoms with E-state index in [0.29, 0.717) is 19.6 Å². The SMILES string of the molecule is CCN(C(=O)N1CCN(Cc2cnc[nH]2)c2ccc(-c3ccccc3)cc2C1)c1ccccc1.Cl. The molecule has 6 nitrogen and oxygen atoms in total. The molecule has 4 aromatic rings. The number of hydrogen-bond donors (Lipinski definition) is 1. The molecule has 0 bridgehead atoms. The number of benzene rings is 3. The smallest absolute Gasteiger partial charge is 0.324 e. The van der Waals surface area contributed by atoms with Crippen molar-refractivity contribution in [2.24, 2.45) is 0 Å². The van der Waals surface area contributed by atoms with Crippen LogP contribution in [0.2, 0.25) is 0 Å². The molecule has 180 valence electrons. The average molecular weight is 488 g/mol. The molecule has 0 fully saturated rings. The van der Waals surface area contributed by atoms with Gasteiger partial charge in [0.1, 0.15) is 0 Å². The third kappa shape index (κ3) is 5.33. The van der Waals surface area contributed by atoms with E-state index in [-0.39, 0.29) is 18.4 Å². The van der Waals surface area contributed by atoms with E-state index in [1.165, 1.54) is 5.56 Å². The van der Waals surface area contributed by atoms with Gasteiger partial charge in [0.15, 0.2) is 0 Å². The maximum absolute atomic E-state index is 13.7. The molecule has 0 saturated carbocycles. The van der Waals surface area contributed by atoms with Crippen molar-refractivity contribution in [2.75, 3.05) is 29.4 Å². The molecule has 0 radical (unpaired) electrons. The molecule has 1 aliphatic rings. The molecule has 0 atom stereocenters. The van der Waals surface area contributed by atoms with Crippen molar-refractivity contribution >= 4 is 29.8 Å². The number of urea groups is 1. The number of H-pyrrole nitrogens is 1. The number of halogens is 1. The number of hydrogen-bond acceptors (Lipinski definition) is 3. The number of aromatic nitrogens is 2. The molecule has 0 spiro atoms. The highest BCUT2D eigenvalue weighted by molar-refractivity contribution is 5.92. The van der Waals surface area contributed by atoms with Gasteiger partial charge in [0.2, 0.25) is 0 Å². The van der Waals surface area contributed by atoms with Crippen LogP contribution in [-0.2, 0) is 13.1 Å². The van der Waals surface area contributed by atoms with Crippen LogP contribution in [0.15, 0.2) is 91.4 Å². The number of nitrogens with zero attached hydrogens (tertiary/aromatic N) is 4. The van der Waals surface area contributed by atoms with Crippen LogP contribution in [-0.4, -0.2) is 40.5 Å². The van der Waals surface area contributed by atoms with Crippen LogP contribution in [0.1, 0.15) is 18.2 Å². The largest absolute Gasteiger partial charge is 0.364 e. The van der Waals surface area contributed by atoms with Gasteiger partial charge in [0.25, 0.3) is 0 Å². The topological polar surface area (TPSA) is 55.5 Å². The minimum Gasteiger partial charge on any atom is -0.364 e. The van der Waals surface area contributed by atoms with Crippen molar-refractivity contribution in [2.45, 2.75) is 20.0 Å². The van der Waals surface area contributed by atoms with Crippen molar-refractivity contribution in [3.8, 4) is 11.1 Å². The molecule has 0 unspecified atom stereocenters. The fraction of sp³-hybridized carbons (Fsp3) is 0.214. The Morgan fingerprint density at radius 3 is 2.40 bits per heavy atom. The molecule has 2 amide bonds. The Morgan fingerprint density at radius 1 is 0.971 bits per heavy atom. The number of fused-ring (bicyclic) bond motifs is 1. The monoisotopic (exact) mass is 487 g/mol. The molecule has 0 aliphatic carbocycles. The van der Waals surface area contributed by atoms with Gasteiger partial charge in [-0.05, 0) is 47.9 Å². The van der Waals surface area contributed by atoms with Gasteiger partial charge in [0.05, 0.1) is 18.6 Å². The number of imidazole rings is 1. The summed E-state index contributed by atoms with van der Waals surface area (Å²) in [6.07, 6.45) is 3.57. The number of anilines is 2. The molecule has 7 heteroatoms. The zero-order chi connectivity index (χ0) is 23.3. The lowest BCUT2D eigenvalue weighted by molar-refractivity contribution is 0.204. The highest BCUT2D eigenvalue weighted by Crippen LogP contribution is 2.32. The predicted molar refractivity (Wildman–Crippen MR) is 144 cm³/mol. The summed E-state index contributed by atoms with van der Waals surface area (Å²) < 4.78 is 0. The Hall–Kier alpha value is -3.77. The second-order valence-electron chi connectivity index (χ2n) is 8.49. The summed E-state index contributed by atoms with van der Waals surface area (Å²) in [7, 11) is 0. The zero-order valence-electron chi connectivity index (χ0n) is 19.8. The standard InChI is InChI=1S/C28H29N5O.ClH/c1-2-33(26-11-7-4-8-12-26)28(34)32-16-15-31(20-25-18-29-21-30-25)27-14-13-23(17-24(27)19-32)22-9-5-3-6-10-22;/h3-14,17-18,21H,2,15-16,19-20H2,1H3,(H,29,30);1H. The van der Waals surface area contributed by atoms with Gasteiger partial charge < -0.3 is 14.8 Å². The molecule has 3 aromatic carbocycles. The quantitative estimate of drug-likeness (QED) is 0.377. The fourth-order valence-electron chi connectivity index (χ4n) is 4.59. The van der Waals surface area contributed by atoms with Crippen LogP contribution in [0.4, 0.5) is 16.2 Å². The number of carbonyl (C=O) groups is 1. The third-order valence-electron chi connectivity index (χ3n) is 6.33. The number of aromatic amines is 1. The fourth-order valence-corrected chi connectivity index (χ4v) is 4.59. The predicted octanol–water partition coefficient (Wildman–Crippen LogP) is 5.97. The highest BCUT2D eigenvalue weighted by Gasteiger charge is 2.27. The van der Waals surface area contributed by atoms with Crippen LogP contribution < -0.4 is 9.80 Å². The zero-order valence-corrected chi connectivity index (χ0v) is 20.6. The molecule has 1 aromatic heterocycles. The highest BCUT2D eigenvalue weighted by atomic mass is 35.5. The van der Waals surface area contributed by atoms with Gasteiger partial charge in [-0.1, -0.05) is 54.6 Å². The summed E-state index contributed by atoms with van der Waals surface area (Å²) in [6, 6.07) is 26.9. The Morgan fingerprint density at radius 2 is 1.71 bits per heavy atom. The second kappa shape index (κ2) is 11.1. The molecule has 35 heavy (non-hydrogen) atoms. The maximum Gasteiger partial charge on any atom is 0.324 e. The first-order valence-electron chi connectivity index (χ1n) is 11.7. The van der Waals surface area contributed by atoms with E-state index in [1.54, 1.807) is 6.33 Å². The van der Waals surface area contributed by atoms with Gasteiger partial charge in [0, 0.05) is 43.8 Å². The van der Waals surface area contributed by atoms with Crippen molar-refractivity contribution in [1.29, 1.82) is 0 Å². The minimum absolute atomic E-state index is 0. The summed E-state index contributed by atoms with van der Waals surface area (Å²) in [6.45, 7) is 5.32. The van der Waals surface area contributed by atoms with Crippen molar-refractivity contribution in [3.63, 3.8) is 0 Å². The molecule has 2 heterocycles. The number of para-hydroxylation sites is 1. The van der Waals surface area contributed by atoms with Crippen LogP contribution in [0, 0.1) is 0 Å². The van der Waals surface area contributed by atoms with E-state index in [1.807, 2.05) is 59.3 Å². The lowest BCUT2D eigenvalue weighted by atomic mass is 10.0. The van der Waals surface area contributed by atoms with Crippen LogP contribution >= 0.6 is 12.4 Å². The van der Waals surface area contributed by atoms with Crippen LogP contribution in [0.25, 0.3) is 11.1 Å². The van der Waals surface area contributed by atoms with Gasteiger partial charge in [-0.3, -0.25) is 4.90 Å². The molecule has 0 saturated heterocycles. The first kappa shape index (κ1) is 24.4. The molecular formula is C28H30ClN5O. The van der Waals surface area contributed by atoms with E-state index in [0.717, 1.165) is 41.3 Å². The minimum atomic E-state index is 0. The average Bonchev–Trinajstić information content (AvgIpc) is 3.33. The Labute approximate surface area is 212 Å². The lowest BCUT2D eigenvalue weighted by Crippen LogP contribution is -2.44. The van der Waals surface area contributed by atoms with E-state index < -0.39 is 0 Å². The Kier molecular flexibility index (Phi) is 7.73. The van der Waals surface area contributed by atoms with E-state index in [2.05, 4.69) is 57.3 Å². The summed E-state index contributed by atoms with van der Waals surface area (Å²) in [5, 5.41) is 0. The normalized spacial score (nSPS) is 12.9. The van der Waals surface area contributed by atoms with Gasteiger partial charge >= 0.3 is 6.03 Å². The first-order valence-corrected chi connectivity index (χ1v) is 11.7. The van der Waals surface area contributed by atoms with Crippen LogP contribution in [0.5, 0.6) is 0 Å². The van der Waals surface area contributed by atoms with Gasteiger partial charge in [-0.2, -0.15) is 0 Å². The lowest BCUT2D eigenvalue weighted by Gasteiger charge is -2.29. The third-order valence-corrected chi connectivity index (χ3v) is 6.33.